The third-order valence-corrected chi connectivity index (χ3v) is 9.70. The molecule has 2 heterocycles. The van der Waals surface area contributed by atoms with Gasteiger partial charge < -0.3 is 9.47 Å². The van der Waals surface area contributed by atoms with Gasteiger partial charge in [0.15, 0.2) is 0 Å². The SMILES string of the molecule is CCCCCCCCCCCCCCCCCCCCOC(=O)P(=O)(ON)OC[C@H]1O[C@@H](n2cc(C)c(=O)[nH]c2=O)C[C@@H]1N=[N+]=[N-]. The monoisotopic (exact) mass is 670 g/mol. The number of nitrogens with one attached hydrogen (secondary N) is 1. The third-order valence-electron chi connectivity index (χ3n) is 8.35. The average Bonchev–Trinajstić information content (AvgIpc) is 3.45. The van der Waals surface area contributed by atoms with E-state index in [2.05, 4.69) is 26.6 Å². The average molecular weight is 671 g/mol. The number of unbranched alkanes of at least 4 members (excludes halogenated alkanes) is 17. The molecule has 4 atom stereocenters. The molecule has 46 heavy (non-hydrogen) atoms. The number of aromatic amines is 1. The molecule has 1 aromatic rings. The fourth-order valence-corrected chi connectivity index (χ4v) is 6.41. The molecule has 1 unspecified atom stereocenters. The predicted molar refractivity (Wildman–Crippen MR) is 176 cm³/mol. The first kappa shape index (κ1) is 39.7. The van der Waals surface area contributed by atoms with Crippen LogP contribution in [0.5, 0.6) is 0 Å². The summed E-state index contributed by atoms with van der Waals surface area (Å²) in [4.78, 5) is 41.4. The van der Waals surface area contributed by atoms with Gasteiger partial charge in [0.25, 0.3) is 5.56 Å². The van der Waals surface area contributed by atoms with Crippen molar-refractivity contribution in [2.75, 3.05) is 13.2 Å². The molecule has 0 bridgehead atoms. The van der Waals surface area contributed by atoms with Crippen LogP contribution in [-0.4, -0.2) is 40.6 Å². The molecule has 3 N–H and O–H groups in total. The van der Waals surface area contributed by atoms with E-state index in [1.165, 1.54) is 103 Å². The van der Waals surface area contributed by atoms with Gasteiger partial charge in [-0.05, 0) is 18.9 Å². The molecular formula is C31H55N6O8P. The van der Waals surface area contributed by atoms with E-state index in [9.17, 15) is 18.9 Å². The normalized spacial score (nSPS) is 19.1. The lowest BCUT2D eigenvalue weighted by Gasteiger charge is -2.19. The molecule has 0 radical (unpaired) electrons. The summed E-state index contributed by atoms with van der Waals surface area (Å²) in [7, 11) is -4.51. The van der Waals surface area contributed by atoms with Crippen LogP contribution in [0.1, 0.15) is 141 Å². The van der Waals surface area contributed by atoms with Crippen LogP contribution in [0.15, 0.2) is 20.9 Å². The van der Waals surface area contributed by atoms with Crippen molar-refractivity contribution < 1.29 is 28.0 Å². The number of hydrogen-bond acceptors (Lipinski definition) is 10. The van der Waals surface area contributed by atoms with Crippen molar-refractivity contribution in [2.24, 2.45) is 11.0 Å². The van der Waals surface area contributed by atoms with Crippen molar-refractivity contribution in [1.29, 1.82) is 0 Å². The molecule has 262 valence electrons. The highest BCUT2D eigenvalue weighted by Crippen LogP contribution is 2.49. The van der Waals surface area contributed by atoms with Crippen LogP contribution in [0, 0.1) is 6.92 Å². The minimum atomic E-state index is -4.51. The number of carbonyl (C=O) groups is 1. The second kappa shape index (κ2) is 23.0. The van der Waals surface area contributed by atoms with Crippen LogP contribution in [0.4, 0.5) is 4.79 Å². The molecule has 0 saturated carbocycles. The molecule has 0 amide bonds. The topological polar surface area (TPSA) is 201 Å². The summed E-state index contributed by atoms with van der Waals surface area (Å²) in [5.74, 6) is 5.14. The highest BCUT2D eigenvalue weighted by Gasteiger charge is 2.42. The quantitative estimate of drug-likeness (QED) is 0.0244. The Morgan fingerprint density at radius 3 is 2.02 bits per heavy atom. The van der Waals surface area contributed by atoms with E-state index >= 15 is 0 Å². The number of H-pyrrole nitrogens is 1. The van der Waals surface area contributed by atoms with E-state index in [-0.39, 0.29) is 18.6 Å². The number of carbonyl (C=O) groups excluding carboxylic acids is 1. The molecule has 14 nitrogen and oxygen atoms in total. The molecule has 0 spiro atoms. The fraction of sp³-hybridized carbons (Fsp3) is 0.839. The molecular weight excluding hydrogens is 615 g/mol. The summed E-state index contributed by atoms with van der Waals surface area (Å²) in [5.41, 5.74) is 6.78. The maximum Gasteiger partial charge on any atom is 0.454 e. The Balaban J connectivity index is 1.58. The molecule has 0 aliphatic carbocycles. The van der Waals surface area contributed by atoms with Gasteiger partial charge in [0, 0.05) is 23.1 Å². The number of ether oxygens (including phenoxy) is 2. The molecule has 0 aromatic carbocycles. The Hall–Kier alpha value is -2.47. The van der Waals surface area contributed by atoms with Crippen molar-refractivity contribution in [1.82, 2.24) is 9.55 Å². The number of aryl methyl sites for hydroxylation is 1. The second-order valence-corrected chi connectivity index (χ2v) is 14.0. The Bertz CT molecular complexity index is 1230. The largest absolute Gasteiger partial charge is 0.457 e. The number of azide groups is 1. The molecule has 1 aromatic heterocycles. The Morgan fingerprint density at radius 2 is 1.52 bits per heavy atom. The van der Waals surface area contributed by atoms with Crippen molar-refractivity contribution in [2.45, 2.75) is 154 Å². The van der Waals surface area contributed by atoms with Crippen molar-refractivity contribution in [3.63, 3.8) is 0 Å². The van der Waals surface area contributed by atoms with Crippen LogP contribution in [-0.2, 0) is 23.2 Å². The summed E-state index contributed by atoms with van der Waals surface area (Å²) in [6.45, 7) is 3.34. The van der Waals surface area contributed by atoms with Crippen molar-refractivity contribution in [3.8, 4) is 0 Å². The fourth-order valence-electron chi connectivity index (χ4n) is 5.56. The lowest BCUT2D eigenvalue weighted by Crippen LogP contribution is -2.33. The maximum atomic E-state index is 12.9. The first-order valence-corrected chi connectivity index (χ1v) is 18.6. The van der Waals surface area contributed by atoms with Crippen molar-refractivity contribution in [3.05, 3.63) is 43.0 Å². The Morgan fingerprint density at radius 1 is 1.00 bits per heavy atom. The minimum Gasteiger partial charge on any atom is -0.457 e. The predicted octanol–water partition coefficient (Wildman–Crippen LogP) is 8.09. The molecule has 1 aliphatic rings. The van der Waals surface area contributed by atoms with Gasteiger partial charge in [-0.1, -0.05) is 121 Å². The molecule has 1 fully saturated rings. The molecule has 2 rings (SSSR count). The van der Waals surface area contributed by atoms with E-state index in [1.807, 2.05) is 0 Å². The van der Waals surface area contributed by atoms with E-state index in [4.69, 9.17) is 25.4 Å². The second-order valence-electron chi connectivity index (χ2n) is 12.1. The van der Waals surface area contributed by atoms with Gasteiger partial charge in [0.1, 0.15) is 6.23 Å². The summed E-state index contributed by atoms with van der Waals surface area (Å²) >= 11 is 0. The Labute approximate surface area is 272 Å². The highest BCUT2D eigenvalue weighted by atomic mass is 31.2. The number of nitrogens with two attached hydrogens (primary N) is 1. The van der Waals surface area contributed by atoms with Gasteiger partial charge >= 0.3 is 19.0 Å². The summed E-state index contributed by atoms with van der Waals surface area (Å²) in [5, 5.41) is 3.66. The highest BCUT2D eigenvalue weighted by molar-refractivity contribution is 7.71. The van der Waals surface area contributed by atoms with Crippen LogP contribution in [0.25, 0.3) is 10.4 Å². The van der Waals surface area contributed by atoms with Crippen LogP contribution in [0.2, 0.25) is 0 Å². The van der Waals surface area contributed by atoms with E-state index < -0.39 is 49.5 Å². The summed E-state index contributed by atoms with van der Waals surface area (Å²) < 4.78 is 34.6. The molecule has 1 aliphatic heterocycles. The number of hydrogen-bond donors (Lipinski definition) is 2. The number of nitrogens with zero attached hydrogens (tertiary/aromatic N) is 4. The number of aromatic nitrogens is 2. The minimum absolute atomic E-state index is 0.0477. The lowest BCUT2D eigenvalue weighted by atomic mass is 10.0. The smallest absolute Gasteiger partial charge is 0.454 e. The van der Waals surface area contributed by atoms with Gasteiger partial charge in [-0.2, -0.15) is 0 Å². The van der Waals surface area contributed by atoms with Gasteiger partial charge in [0.05, 0.1) is 25.4 Å². The van der Waals surface area contributed by atoms with Crippen molar-refractivity contribution >= 4 is 13.3 Å². The first-order valence-electron chi connectivity index (χ1n) is 17.1. The van der Waals surface area contributed by atoms with Crippen LogP contribution >= 0.6 is 7.60 Å². The van der Waals surface area contributed by atoms with Gasteiger partial charge in [0.2, 0.25) is 0 Å². The standard InChI is InChI=1S/C31H55N6O8P/c1-3-4-5-6-7-8-9-10-11-12-13-14-15-16-17-18-19-20-21-42-31(40)46(41,45-33)43-24-27-26(35-36-32)22-28(44-27)37-23-25(2)29(38)34-30(37)39/h23,26-28H,3-22,24,33H2,1-2H3,(H,34,38,39)/t26-,27+,28+,46?/m0/s1. The summed E-state index contributed by atoms with van der Waals surface area (Å²) in [6.07, 6.45) is 21.9. The van der Waals surface area contributed by atoms with Gasteiger partial charge in [-0.3, -0.25) is 18.9 Å². The molecule has 1 saturated heterocycles. The van der Waals surface area contributed by atoms with E-state index in [0.717, 1.165) is 23.8 Å². The third kappa shape index (κ3) is 14.5. The molecule has 15 heteroatoms. The van der Waals surface area contributed by atoms with E-state index in [1.54, 1.807) is 0 Å². The van der Waals surface area contributed by atoms with Gasteiger partial charge in [-0.25, -0.2) is 24.7 Å². The zero-order valence-electron chi connectivity index (χ0n) is 27.7. The zero-order valence-corrected chi connectivity index (χ0v) is 28.6. The zero-order chi connectivity index (χ0) is 33.6. The van der Waals surface area contributed by atoms with Gasteiger partial charge in [-0.15, -0.1) is 0 Å². The lowest BCUT2D eigenvalue weighted by molar-refractivity contribution is -0.0249. The Kier molecular flexibility index (Phi) is 19.8. The van der Waals surface area contributed by atoms with Crippen LogP contribution in [0.3, 0.4) is 0 Å². The first-order chi connectivity index (χ1) is 22.3. The summed E-state index contributed by atoms with van der Waals surface area (Å²) in [6, 6.07) is -0.823. The van der Waals surface area contributed by atoms with Crippen LogP contribution < -0.4 is 17.1 Å². The van der Waals surface area contributed by atoms with E-state index in [0.29, 0.717) is 6.42 Å². The number of rotatable bonds is 26. The maximum absolute atomic E-state index is 12.9.